The number of aromatic nitrogens is 4. The lowest BCUT2D eigenvalue weighted by Gasteiger charge is -2.10. The molecule has 0 atom stereocenters. The summed E-state index contributed by atoms with van der Waals surface area (Å²) in [5.41, 5.74) is 1.23. The van der Waals surface area contributed by atoms with E-state index in [1.807, 2.05) is 19.2 Å². The van der Waals surface area contributed by atoms with Crippen molar-refractivity contribution < 1.29 is 13.6 Å². The van der Waals surface area contributed by atoms with Crippen molar-refractivity contribution in [3.63, 3.8) is 0 Å². The minimum Gasteiger partial charge on any atom is -0.324 e. The van der Waals surface area contributed by atoms with Crippen molar-refractivity contribution in [2.24, 2.45) is 7.05 Å². The Balaban J connectivity index is 1.63. The zero-order valence-corrected chi connectivity index (χ0v) is 15.8. The summed E-state index contributed by atoms with van der Waals surface area (Å²) < 4.78 is 27.0. The van der Waals surface area contributed by atoms with E-state index in [2.05, 4.69) is 20.5 Å². The highest BCUT2D eigenvalue weighted by molar-refractivity contribution is 8.00. The third kappa shape index (κ3) is 5.04. The minimum atomic E-state index is -2.55. The first-order valence-corrected chi connectivity index (χ1v) is 9.67. The van der Waals surface area contributed by atoms with Gasteiger partial charge in [-0.15, -0.1) is 10.2 Å². The molecule has 0 saturated carbocycles. The Labute approximate surface area is 162 Å². The van der Waals surface area contributed by atoms with Crippen molar-refractivity contribution >= 4 is 35.1 Å². The largest absolute Gasteiger partial charge is 0.324 e. The zero-order chi connectivity index (χ0) is 19.2. The van der Waals surface area contributed by atoms with E-state index in [4.69, 9.17) is 0 Å². The van der Waals surface area contributed by atoms with Gasteiger partial charge in [0.05, 0.1) is 11.4 Å². The second-order valence-corrected chi connectivity index (χ2v) is 7.29. The number of nitrogens with one attached hydrogen (secondary N) is 1. The number of hydrogen-bond donors (Lipinski definition) is 1. The fraction of sp³-hybridized carbons (Fsp3) is 0.176. The SMILES string of the molecule is Cn1c(SCC(=O)Nc2ccccc2SC(F)F)nnc1-c1ccncc1. The van der Waals surface area contributed by atoms with Gasteiger partial charge in [0, 0.05) is 29.9 Å². The van der Waals surface area contributed by atoms with Gasteiger partial charge >= 0.3 is 0 Å². The highest BCUT2D eigenvalue weighted by atomic mass is 32.2. The minimum absolute atomic E-state index is 0.0794. The van der Waals surface area contributed by atoms with Crippen LogP contribution < -0.4 is 5.32 Å². The van der Waals surface area contributed by atoms with Gasteiger partial charge in [-0.05, 0) is 24.3 Å². The van der Waals surface area contributed by atoms with Crippen molar-refractivity contribution in [1.29, 1.82) is 0 Å². The predicted octanol–water partition coefficient (Wildman–Crippen LogP) is 3.92. The quantitative estimate of drug-likeness (QED) is 0.599. The van der Waals surface area contributed by atoms with Crippen LogP contribution >= 0.6 is 23.5 Å². The average Bonchev–Trinajstić information content (AvgIpc) is 3.02. The van der Waals surface area contributed by atoms with Gasteiger partial charge in [0.25, 0.3) is 5.76 Å². The highest BCUT2D eigenvalue weighted by Gasteiger charge is 2.15. The number of benzene rings is 1. The number of hydrogen-bond acceptors (Lipinski definition) is 6. The number of pyridine rings is 1. The van der Waals surface area contributed by atoms with Crippen molar-refractivity contribution in [1.82, 2.24) is 19.7 Å². The number of carbonyl (C=O) groups is 1. The molecule has 0 saturated heterocycles. The second-order valence-electron chi connectivity index (χ2n) is 5.31. The topological polar surface area (TPSA) is 72.7 Å². The summed E-state index contributed by atoms with van der Waals surface area (Å²) in [6.07, 6.45) is 3.33. The summed E-state index contributed by atoms with van der Waals surface area (Å²) in [6.45, 7) is 0. The number of nitrogens with zero attached hydrogens (tertiary/aromatic N) is 4. The third-order valence-corrected chi connectivity index (χ3v) is 5.29. The van der Waals surface area contributed by atoms with E-state index in [-0.39, 0.29) is 11.7 Å². The van der Waals surface area contributed by atoms with E-state index < -0.39 is 5.76 Å². The molecule has 1 N–H and O–H groups in total. The molecule has 1 amide bonds. The van der Waals surface area contributed by atoms with Gasteiger partial charge in [-0.1, -0.05) is 35.7 Å². The van der Waals surface area contributed by atoms with Crippen molar-refractivity contribution in [2.75, 3.05) is 11.1 Å². The van der Waals surface area contributed by atoms with E-state index in [9.17, 15) is 13.6 Å². The summed E-state index contributed by atoms with van der Waals surface area (Å²) >= 11 is 1.61. The van der Waals surface area contributed by atoms with Crippen LogP contribution in [0.25, 0.3) is 11.4 Å². The second kappa shape index (κ2) is 8.96. The summed E-state index contributed by atoms with van der Waals surface area (Å²) in [7, 11) is 1.81. The standard InChI is InChI=1S/C17H15F2N5OS2/c1-24-15(11-6-8-20-9-7-11)22-23-17(24)26-10-14(25)21-12-4-2-3-5-13(12)27-16(18)19/h2-9,16H,10H2,1H3,(H,21,25). The first kappa shape index (κ1) is 19.3. The normalized spacial score (nSPS) is 11.0. The molecule has 10 heteroatoms. The maximum absolute atomic E-state index is 12.6. The van der Waals surface area contributed by atoms with E-state index in [1.165, 1.54) is 11.8 Å². The molecule has 0 aliphatic rings. The fourth-order valence-corrected chi connectivity index (χ4v) is 3.58. The van der Waals surface area contributed by atoms with E-state index in [1.54, 1.807) is 41.2 Å². The monoisotopic (exact) mass is 407 g/mol. The van der Waals surface area contributed by atoms with Gasteiger partial charge in [-0.2, -0.15) is 8.78 Å². The first-order valence-electron chi connectivity index (χ1n) is 7.81. The molecule has 1 aromatic carbocycles. The molecule has 3 aromatic rings. The molecule has 0 aliphatic heterocycles. The van der Waals surface area contributed by atoms with Gasteiger partial charge < -0.3 is 9.88 Å². The number of halogens is 2. The maximum Gasteiger partial charge on any atom is 0.288 e. The lowest BCUT2D eigenvalue weighted by atomic mass is 10.2. The van der Waals surface area contributed by atoms with Crippen molar-refractivity contribution in [3.8, 4) is 11.4 Å². The number of alkyl halides is 2. The number of rotatable bonds is 7. The molecule has 0 radical (unpaired) electrons. The molecule has 0 bridgehead atoms. The molecule has 2 aromatic heterocycles. The Hall–Kier alpha value is -2.46. The van der Waals surface area contributed by atoms with Crippen LogP contribution in [0.5, 0.6) is 0 Å². The highest BCUT2D eigenvalue weighted by Crippen LogP contribution is 2.31. The van der Waals surface area contributed by atoms with Crippen LogP contribution in [-0.4, -0.2) is 37.2 Å². The molecule has 6 nitrogen and oxygen atoms in total. The van der Waals surface area contributed by atoms with E-state index in [0.29, 0.717) is 33.3 Å². The summed E-state index contributed by atoms with van der Waals surface area (Å²) in [6, 6.07) is 10.1. The summed E-state index contributed by atoms with van der Waals surface area (Å²) in [5.74, 6) is -2.12. The van der Waals surface area contributed by atoms with Crippen LogP contribution in [0.3, 0.4) is 0 Å². The Morgan fingerprint density at radius 1 is 1.19 bits per heavy atom. The Morgan fingerprint density at radius 3 is 2.67 bits per heavy atom. The van der Waals surface area contributed by atoms with Gasteiger partial charge in [0.1, 0.15) is 0 Å². The lowest BCUT2D eigenvalue weighted by Crippen LogP contribution is -2.15. The van der Waals surface area contributed by atoms with Gasteiger partial charge in [-0.3, -0.25) is 9.78 Å². The molecule has 140 valence electrons. The Kier molecular flexibility index (Phi) is 6.40. The van der Waals surface area contributed by atoms with Crippen LogP contribution in [0.2, 0.25) is 0 Å². The first-order chi connectivity index (χ1) is 13.0. The Morgan fingerprint density at radius 2 is 1.93 bits per heavy atom. The summed E-state index contributed by atoms with van der Waals surface area (Å²) in [4.78, 5) is 16.5. The van der Waals surface area contributed by atoms with Crippen LogP contribution in [0.1, 0.15) is 0 Å². The van der Waals surface area contributed by atoms with E-state index >= 15 is 0 Å². The van der Waals surface area contributed by atoms with Crippen molar-refractivity contribution in [3.05, 3.63) is 48.8 Å². The number of anilines is 1. The predicted molar refractivity (Wildman–Crippen MR) is 102 cm³/mol. The molecule has 0 spiro atoms. The van der Waals surface area contributed by atoms with Crippen molar-refractivity contribution in [2.45, 2.75) is 15.8 Å². The molecular weight excluding hydrogens is 392 g/mol. The van der Waals surface area contributed by atoms with Crippen LogP contribution in [-0.2, 0) is 11.8 Å². The number of amides is 1. The molecule has 27 heavy (non-hydrogen) atoms. The Bertz CT molecular complexity index is 921. The van der Waals surface area contributed by atoms with Gasteiger partial charge in [-0.25, -0.2) is 0 Å². The summed E-state index contributed by atoms with van der Waals surface area (Å²) in [5, 5.41) is 11.5. The number of para-hydroxylation sites is 1. The average molecular weight is 407 g/mol. The third-order valence-electron chi connectivity index (χ3n) is 3.48. The van der Waals surface area contributed by atoms with Crippen LogP contribution in [0.4, 0.5) is 14.5 Å². The van der Waals surface area contributed by atoms with Crippen LogP contribution in [0.15, 0.2) is 58.8 Å². The smallest absolute Gasteiger partial charge is 0.288 e. The number of thioether (sulfide) groups is 2. The molecule has 0 unspecified atom stereocenters. The zero-order valence-electron chi connectivity index (χ0n) is 14.2. The molecule has 2 heterocycles. The molecule has 3 rings (SSSR count). The number of carbonyl (C=O) groups excluding carboxylic acids is 1. The molecule has 0 aliphatic carbocycles. The maximum atomic E-state index is 12.6. The van der Waals surface area contributed by atoms with Gasteiger partial charge in [0.15, 0.2) is 11.0 Å². The lowest BCUT2D eigenvalue weighted by molar-refractivity contribution is -0.113. The molecular formula is C17H15F2N5OS2. The van der Waals surface area contributed by atoms with Gasteiger partial charge in [0.2, 0.25) is 5.91 Å². The fourth-order valence-electron chi connectivity index (χ4n) is 2.28. The van der Waals surface area contributed by atoms with Crippen LogP contribution in [0, 0.1) is 0 Å². The van der Waals surface area contributed by atoms with E-state index in [0.717, 1.165) is 5.56 Å². The molecule has 0 fully saturated rings.